The molecule has 15 heteroatoms. The molecule has 0 bridgehead atoms. The maximum absolute atomic E-state index is 13.7. The Hall–Kier alpha value is -4.30. The molecule has 10 nitrogen and oxygen atoms in total. The molecule has 49 heavy (non-hydrogen) atoms. The van der Waals surface area contributed by atoms with Crippen LogP contribution >= 0.6 is 22.9 Å². The van der Waals surface area contributed by atoms with Crippen LogP contribution in [0.1, 0.15) is 65.0 Å². The number of rotatable bonds is 10. The maximum Gasteiger partial charge on any atom is 0.490 e. The Bertz CT molecular complexity index is 1850. The van der Waals surface area contributed by atoms with E-state index < -0.39 is 24.0 Å². The van der Waals surface area contributed by atoms with Crippen LogP contribution < -0.4 is 14.8 Å². The molecule has 0 saturated heterocycles. The van der Waals surface area contributed by atoms with Crippen LogP contribution in [-0.2, 0) is 22.6 Å². The van der Waals surface area contributed by atoms with Crippen molar-refractivity contribution >= 4 is 56.8 Å². The summed E-state index contributed by atoms with van der Waals surface area (Å²) in [5, 5.41) is 21.4. The number of hydrogen-bond acceptors (Lipinski definition) is 7. The van der Waals surface area contributed by atoms with Crippen LogP contribution in [0, 0.1) is 19.8 Å². The van der Waals surface area contributed by atoms with Crippen molar-refractivity contribution in [1.82, 2.24) is 9.55 Å². The van der Waals surface area contributed by atoms with Gasteiger partial charge in [0, 0.05) is 21.9 Å². The van der Waals surface area contributed by atoms with Crippen LogP contribution in [0.25, 0.3) is 22.2 Å². The van der Waals surface area contributed by atoms with Crippen LogP contribution in [0.2, 0.25) is 5.02 Å². The lowest BCUT2D eigenvalue weighted by Gasteiger charge is -2.21. The van der Waals surface area contributed by atoms with Crippen molar-refractivity contribution in [1.29, 1.82) is 0 Å². The number of methoxy groups -OCH3 is 2. The second kappa shape index (κ2) is 15.9. The molecule has 2 aromatic heterocycles. The Morgan fingerprint density at radius 1 is 1.02 bits per heavy atom. The van der Waals surface area contributed by atoms with Crippen molar-refractivity contribution in [3.63, 3.8) is 0 Å². The summed E-state index contributed by atoms with van der Waals surface area (Å²) in [5.74, 6) is -2.45. The molecule has 5 rings (SSSR count). The van der Waals surface area contributed by atoms with E-state index in [-0.39, 0.29) is 12.2 Å². The van der Waals surface area contributed by atoms with Gasteiger partial charge in [0.1, 0.15) is 23.7 Å². The number of hydrogen-bond donors (Lipinski definition) is 3. The summed E-state index contributed by atoms with van der Waals surface area (Å²) in [7, 11) is 3.15. The highest BCUT2D eigenvalue weighted by atomic mass is 35.5. The number of nitrogens with zero attached hydrogens (tertiary/aromatic N) is 2. The summed E-state index contributed by atoms with van der Waals surface area (Å²) in [6, 6.07) is 9.23. The first-order valence-corrected chi connectivity index (χ1v) is 16.7. The zero-order chi connectivity index (χ0) is 36.0. The number of aromatic nitrogens is 2. The van der Waals surface area contributed by atoms with Gasteiger partial charge >= 0.3 is 18.1 Å². The molecule has 0 spiro atoms. The molecule has 1 aliphatic carbocycles. The quantitative estimate of drug-likeness (QED) is 0.148. The number of aryl methyl sites for hydroxylation is 3. The second-order valence-corrected chi connectivity index (χ2v) is 13.3. The summed E-state index contributed by atoms with van der Waals surface area (Å²) in [6.45, 7) is 3.58. The second-order valence-electron chi connectivity index (χ2n) is 11.8. The largest absolute Gasteiger partial charge is 0.496 e. The number of carboxylic acids is 2. The minimum atomic E-state index is -5.08. The molecule has 1 fully saturated rings. The number of amides is 1. The van der Waals surface area contributed by atoms with Crippen LogP contribution in [0.15, 0.2) is 30.3 Å². The highest BCUT2D eigenvalue weighted by Crippen LogP contribution is 2.43. The minimum Gasteiger partial charge on any atom is -0.496 e. The van der Waals surface area contributed by atoms with Crippen molar-refractivity contribution in [2.24, 2.45) is 5.92 Å². The van der Waals surface area contributed by atoms with E-state index in [2.05, 4.69) is 5.32 Å². The molecular weight excluding hydrogens is 687 g/mol. The lowest BCUT2D eigenvalue weighted by Crippen LogP contribution is -2.21. The number of alkyl halides is 3. The fourth-order valence-electron chi connectivity index (χ4n) is 6.11. The van der Waals surface area contributed by atoms with E-state index in [0.29, 0.717) is 27.6 Å². The van der Waals surface area contributed by atoms with Crippen molar-refractivity contribution in [2.45, 2.75) is 71.5 Å². The van der Waals surface area contributed by atoms with E-state index in [1.807, 2.05) is 32.0 Å². The average molecular weight is 724 g/mol. The third-order valence-electron chi connectivity index (χ3n) is 8.25. The number of aliphatic carboxylic acids is 2. The van der Waals surface area contributed by atoms with Crippen LogP contribution in [0.3, 0.4) is 0 Å². The molecule has 0 radical (unpaired) electrons. The molecule has 1 amide bonds. The van der Waals surface area contributed by atoms with E-state index in [9.17, 15) is 27.9 Å². The molecule has 2 aromatic carbocycles. The number of carbonyl (C=O) groups is 3. The highest BCUT2D eigenvalue weighted by Gasteiger charge is 2.38. The molecule has 0 aliphatic heterocycles. The Labute approximate surface area is 289 Å². The predicted molar refractivity (Wildman–Crippen MR) is 181 cm³/mol. The molecule has 3 N–H and O–H groups in total. The van der Waals surface area contributed by atoms with E-state index in [0.717, 1.165) is 51.0 Å². The SMILES string of the molecule is COc1cc(-c2nc(NC(=O)c3cc4cc(C)cc(C)c4n3CC(=O)O)sc2CCC2CCCCC2)c(OC)cc1Cl.O=C(O)C(F)(F)F. The van der Waals surface area contributed by atoms with Crippen molar-refractivity contribution in [2.75, 3.05) is 19.5 Å². The Morgan fingerprint density at radius 3 is 2.27 bits per heavy atom. The fraction of sp³-hybridized carbons (Fsp3) is 0.412. The van der Waals surface area contributed by atoms with Crippen molar-refractivity contribution < 1.29 is 47.2 Å². The van der Waals surface area contributed by atoms with Gasteiger partial charge in [0.2, 0.25) is 0 Å². The Kier molecular flexibility index (Phi) is 12.2. The topological polar surface area (TPSA) is 140 Å². The number of nitrogens with one attached hydrogen (secondary N) is 1. The summed E-state index contributed by atoms with van der Waals surface area (Å²) in [6.07, 6.45) is 3.10. The van der Waals surface area contributed by atoms with Crippen molar-refractivity contribution in [3.8, 4) is 22.8 Å². The minimum absolute atomic E-state index is 0.271. The van der Waals surface area contributed by atoms with Gasteiger partial charge in [-0.05, 0) is 56.4 Å². The zero-order valence-corrected chi connectivity index (χ0v) is 28.9. The van der Waals surface area contributed by atoms with Gasteiger partial charge in [-0.3, -0.25) is 14.9 Å². The fourth-order valence-corrected chi connectivity index (χ4v) is 7.32. The number of fused-ring (bicyclic) bond motifs is 1. The predicted octanol–water partition coefficient (Wildman–Crippen LogP) is 8.54. The Morgan fingerprint density at radius 2 is 1.67 bits per heavy atom. The number of thiazole rings is 1. The van der Waals surface area contributed by atoms with Gasteiger partial charge in [-0.2, -0.15) is 13.2 Å². The number of halogens is 4. The summed E-state index contributed by atoms with van der Waals surface area (Å²) in [4.78, 5) is 40.3. The first-order chi connectivity index (χ1) is 23.1. The molecule has 4 aromatic rings. The smallest absolute Gasteiger partial charge is 0.490 e. The van der Waals surface area contributed by atoms with E-state index in [4.69, 9.17) is 36.0 Å². The number of ether oxygens (including phenoxy) is 2. The first-order valence-electron chi connectivity index (χ1n) is 15.5. The molecule has 1 aliphatic rings. The summed E-state index contributed by atoms with van der Waals surface area (Å²) < 4.78 is 44.5. The van der Waals surface area contributed by atoms with Crippen LogP contribution in [-0.4, -0.2) is 58.0 Å². The van der Waals surface area contributed by atoms with Gasteiger partial charge in [0.15, 0.2) is 5.13 Å². The third kappa shape index (κ3) is 9.24. The lowest BCUT2D eigenvalue weighted by atomic mass is 9.86. The van der Waals surface area contributed by atoms with E-state index in [1.165, 1.54) is 43.4 Å². The standard InChI is InChI=1S/C32H36ClN3O5S.C2HF3O2/c1-18-12-19(2)30-21(13-18)14-24(36(30)17-28(37)38)31(39)35-32-34-29(22-15-26(41-4)23(33)16-25(22)40-3)27(42-32)11-10-20-8-6-5-7-9-20;3-2(4,5)1(6)7/h12-16,20H,5-11,17H2,1-4H3,(H,37,38)(H,34,35,39);(H,6,7). The van der Waals surface area contributed by atoms with Gasteiger partial charge in [-0.1, -0.05) is 55.3 Å². The van der Waals surface area contributed by atoms with Gasteiger partial charge in [0.25, 0.3) is 5.91 Å². The molecule has 0 atom stereocenters. The number of carboxylic acid groups (broad SMARTS) is 2. The van der Waals surface area contributed by atoms with Gasteiger partial charge in [0.05, 0.1) is 30.5 Å². The summed E-state index contributed by atoms with van der Waals surface area (Å²) >= 11 is 7.83. The molecule has 264 valence electrons. The molecule has 2 heterocycles. The average Bonchev–Trinajstić information content (AvgIpc) is 3.60. The normalized spacial score (nSPS) is 13.5. The molecular formula is C34H37ClF3N3O7S. The van der Waals surface area contributed by atoms with E-state index >= 15 is 0 Å². The van der Waals surface area contributed by atoms with Gasteiger partial charge in [-0.25, -0.2) is 9.78 Å². The van der Waals surface area contributed by atoms with Crippen LogP contribution in [0.5, 0.6) is 11.5 Å². The van der Waals surface area contributed by atoms with E-state index in [1.54, 1.807) is 30.9 Å². The maximum atomic E-state index is 13.7. The highest BCUT2D eigenvalue weighted by molar-refractivity contribution is 7.16. The first kappa shape index (κ1) is 37.5. The number of carbonyl (C=O) groups excluding carboxylic acids is 1. The van der Waals surface area contributed by atoms with Crippen molar-refractivity contribution in [3.05, 3.63) is 57.1 Å². The lowest BCUT2D eigenvalue weighted by molar-refractivity contribution is -0.192. The number of benzene rings is 2. The zero-order valence-electron chi connectivity index (χ0n) is 27.4. The van der Waals surface area contributed by atoms with Gasteiger partial charge in [-0.15, -0.1) is 11.3 Å². The third-order valence-corrected chi connectivity index (χ3v) is 9.57. The monoisotopic (exact) mass is 723 g/mol. The summed E-state index contributed by atoms with van der Waals surface area (Å²) in [5.41, 5.74) is 4.41. The number of anilines is 1. The Balaban J connectivity index is 0.000000698. The molecule has 1 saturated carbocycles. The van der Waals surface area contributed by atoms with Gasteiger partial charge < -0.3 is 24.3 Å². The molecule has 0 unspecified atom stereocenters. The van der Waals surface area contributed by atoms with Crippen LogP contribution in [0.4, 0.5) is 18.3 Å².